The van der Waals surface area contributed by atoms with Gasteiger partial charge in [0.2, 0.25) is 0 Å². The lowest BCUT2D eigenvalue weighted by molar-refractivity contribution is 0.362. The fraction of sp³-hybridized carbons (Fsp3) is 0.667. The third-order valence-electron chi connectivity index (χ3n) is 4.63. The molecule has 1 aliphatic rings. The minimum Gasteiger partial charge on any atom is -0.374 e. The maximum Gasteiger partial charge on any atom is 0.123 e. The van der Waals surface area contributed by atoms with Gasteiger partial charge in [0.05, 0.1) is 0 Å². The Morgan fingerprint density at radius 1 is 1.29 bits per heavy atom. The van der Waals surface area contributed by atoms with Crippen molar-refractivity contribution in [2.75, 3.05) is 25.0 Å². The first kappa shape index (κ1) is 16.3. The first-order valence-electron chi connectivity index (χ1n) is 8.35. The molecule has 2 rings (SSSR count). The molecular weight excluding hydrogens is 263 g/mol. The second kappa shape index (κ2) is 7.79. The van der Waals surface area contributed by atoms with E-state index in [2.05, 4.69) is 31.1 Å². The lowest BCUT2D eigenvalue weighted by Crippen LogP contribution is -2.29. The first-order valence-corrected chi connectivity index (χ1v) is 8.35. The molecule has 0 aromatic heterocycles. The standard InChI is InChI=1S/C18H29FN2/c1-4-20-14(2)17-12-16(19)10-11-18(17)21(3)13-15-8-6-5-7-9-15/h10-12,14-15,20H,4-9,13H2,1-3H3. The molecule has 0 saturated heterocycles. The average molecular weight is 292 g/mol. The van der Waals surface area contributed by atoms with E-state index < -0.39 is 0 Å². The molecule has 1 unspecified atom stereocenters. The van der Waals surface area contributed by atoms with E-state index in [1.807, 2.05) is 6.07 Å². The summed E-state index contributed by atoms with van der Waals surface area (Å²) < 4.78 is 13.6. The molecule has 1 aromatic rings. The number of rotatable bonds is 6. The van der Waals surface area contributed by atoms with Crippen molar-refractivity contribution in [2.24, 2.45) is 5.92 Å². The Morgan fingerprint density at radius 2 is 2.00 bits per heavy atom. The Labute approximate surface area is 128 Å². The van der Waals surface area contributed by atoms with Crippen LogP contribution >= 0.6 is 0 Å². The van der Waals surface area contributed by atoms with Crippen molar-refractivity contribution in [3.8, 4) is 0 Å². The van der Waals surface area contributed by atoms with Gasteiger partial charge in [-0.25, -0.2) is 4.39 Å². The van der Waals surface area contributed by atoms with Crippen LogP contribution in [0, 0.1) is 11.7 Å². The van der Waals surface area contributed by atoms with Crippen LogP contribution in [0.3, 0.4) is 0 Å². The summed E-state index contributed by atoms with van der Waals surface area (Å²) in [6.07, 6.45) is 6.79. The summed E-state index contributed by atoms with van der Waals surface area (Å²) in [4.78, 5) is 2.32. The molecule has 1 aromatic carbocycles. The van der Waals surface area contributed by atoms with E-state index in [4.69, 9.17) is 0 Å². The van der Waals surface area contributed by atoms with Gasteiger partial charge in [-0.3, -0.25) is 0 Å². The summed E-state index contributed by atoms with van der Waals surface area (Å²) >= 11 is 0. The number of hydrogen-bond donors (Lipinski definition) is 1. The minimum atomic E-state index is -0.149. The summed E-state index contributed by atoms with van der Waals surface area (Å²) in [5.41, 5.74) is 2.23. The zero-order valence-electron chi connectivity index (χ0n) is 13.7. The van der Waals surface area contributed by atoms with Crippen molar-refractivity contribution in [2.45, 2.75) is 52.0 Å². The number of nitrogens with one attached hydrogen (secondary N) is 1. The second-order valence-corrected chi connectivity index (χ2v) is 6.37. The third-order valence-corrected chi connectivity index (χ3v) is 4.63. The quantitative estimate of drug-likeness (QED) is 0.829. The van der Waals surface area contributed by atoms with Gasteiger partial charge >= 0.3 is 0 Å². The van der Waals surface area contributed by atoms with Crippen LogP contribution in [0.25, 0.3) is 0 Å². The van der Waals surface area contributed by atoms with Gasteiger partial charge in [-0.05, 0) is 56.0 Å². The molecule has 0 heterocycles. The summed E-state index contributed by atoms with van der Waals surface area (Å²) in [7, 11) is 2.14. The first-order chi connectivity index (χ1) is 10.1. The van der Waals surface area contributed by atoms with Crippen LogP contribution in [0.4, 0.5) is 10.1 Å². The molecule has 1 fully saturated rings. The Bertz CT molecular complexity index is 441. The Hall–Kier alpha value is -1.09. The molecule has 0 aliphatic heterocycles. The highest BCUT2D eigenvalue weighted by Crippen LogP contribution is 2.30. The maximum absolute atomic E-state index is 13.6. The van der Waals surface area contributed by atoms with Gasteiger partial charge in [-0.15, -0.1) is 0 Å². The SMILES string of the molecule is CCNC(C)c1cc(F)ccc1N(C)CC1CCCCC1. The van der Waals surface area contributed by atoms with Crippen molar-refractivity contribution < 1.29 is 4.39 Å². The Morgan fingerprint density at radius 3 is 2.67 bits per heavy atom. The van der Waals surface area contributed by atoms with Crippen LogP contribution in [0.1, 0.15) is 57.6 Å². The van der Waals surface area contributed by atoms with E-state index in [9.17, 15) is 4.39 Å². The molecule has 21 heavy (non-hydrogen) atoms. The molecule has 1 atom stereocenters. The maximum atomic E-state index is 13.6. The number of hydrogen-bond acceptors (Lipinski definition) is 2. The lowest BCUT2D eigenvalue weighted by atomic mass is 9.89. The highest BCUT2D eigenvalue weighted by molar-refractivity contribution is 5.54. The van der Waals surface area contributed by atoms with Gasteiger partial charge in [-0.2, -0.15) is 0 Å². The fourth-order valence-corrected chi connectivity index (χ4v) is 3.49. The molecule has 118 valence electrons. The normalized spacial score (nSPS) is 17.7. The molecule has 0 spiro atoms. The monoisotopic (exact) mass is 292 g/mol. The van der Waals surface area contributed by atoms with Gasteiger partial charge in [0.15, 0.2) is 0 Å². The van der Waals surface area contributed by atoms with E-state index in [0.717, 1.165) is 30.3 Å². The van der Waals surface area contributed by atoms with Crippen LogP contribution in [0.5, 0.6) is 0 Å². The van der Waals surface area contributed by atoms with Gasteiger partial charge in [0, 0.05) is 25.3 Å². The molecule has 1 aliphatic carbocycles. The van der Waals surface area contributed by atoms with E-state index >= 15 is 0 Å². The highest BCUT2D eigenvalue weighted by atomic mass is 19.1. The average Bonchev–Trinajstić information content (AvgIpc) is 2.48. The van der Waals surface area contributed by atoms with Gasteiger partial charge in [0.25, 0.3) is 0 Å². The van der Waals surface area contributed by atoms with E-state index in [1.165, 1.54) is 32.1 Å². The van der Waals surface area contributed by atoms with Crippen LogP contribution in [-0.4, -0.2) is 20.1 Å². The van der Waals surface area contributed by atoms with Crippen LogP contribution in [-0.2, 0) is 0 Å². The van der Waals surface area contributed by atoms with Crippen molar-refractivity contribution in [1.82, 2.24) is 5.32 Å². The molecule has 1 N–H and O–H groups in total. The van der Waals surface area contributed by atoms with Crippen molar-refractivity contribution >= 4 is 5.69 Å². The molecule has 0 radical (unpaired) electrons. The summed E-state index contributed by atoms with van der Waals surface area (Å²) in [6, 6.07) is 5.37. The molecule has 3 heteroatoms. The smallest absolute Gasteiger partial charge is 0.123 e. The number of halogens is 1. The Kier molecular flexibility index (Phi) is 6.04. The molecule has 0 bridgehead atoms. The zero-order chi connectivity index (χ0) is 15.2. The van der Waals surface area contributed by atoms with E-state index in [0.29, 0.717) is 0 Å². The number of nitrogens with zero attached hydrogens (tertiary/aromatic N) is 1. The predicted molar refractivity (Wildman–Crippen MR) is 88.3 cm³/mol. The summed E-state index contributed by atoms with van der Waals surface area (Å²) in [6.45, 7) is 6.17. The highest BCUT2D eigenvalue weighted by Gasteiger charge is 2.19. The van der Waals surface area contributed by atoms with Crippen molar-refractivity contribution in [1.29, 1.82) is 0 Å². The Balaban J connectivity index is 2.12. The largest absolute Gasteiger partial charge is 0.374 e. The topological polar surface area (TPSA) is 15.3 Å². The summed E-state index contributed by atoms with van der Waals surface area (Å²) in [5.74, 6) is 0.640. The van der Waals surface area contributed by atoms with Gasteiger partial charge < -0.3 is 10.2 Å². The van der Waals surface area contributed by atoms with E-state index in [1.54, 1.807) is 12.1 Å². The molecular formula is C18H29FN2. The van der Waals surface area contributed by atoms with Gasteiger partial charge in [-0.1, -0.05) is 26.2 Å². The second-order valence-electron chi connectivity index (χ2n) is 6.37. The number of benzene rings is 1. The van der Waals surface area contributed by atoms with Crippen LogP contribution in [0.2, 0.25) is 0 Å². The van der Waals surface area contributed by atoms with Crippen LogP contribution in [0.15, 0.2) is 18.2 Å². The lowest BCUT2D eigenvalue weighted by Gasteiger charge is -2.31. The fourth-order valence-electron chi connectivity index (χ4n) is 3.49. The van der Waals surface area contributed by atoms with Crippen molar-refractivity contribution in [3.63, 3.8) is 0 Å². The minimum absolute atomic E-state index is 0.149. The molecule has 0 amide bonds. The molecule has 1 saturated carbocycles. The van der Waals surface area contributed by atoms with Gasteiger partial charge in [0.1, 0.15) is 5.82 Å². The zero-order valence-corrected chi connectivity index (χ0v) is 13.7. The third kappa shape index (κ3) is 4.44. The number of anilines is 1. The van der Waals surface area contributed by atoms with E-state index in [-0.39, 0.29) is 11.9 Å². The van der Waals surface area contributed by atoms with Crippen molar-refractivity contribution in [3.05, 3.63) is 29.6 Å². The predicted octanol–water partition coefficient (Wildman–Crippen LogP) is 4.51. The van der Waals surface area contributed by atoms with Crippen LogP contribution < -0.4 is 10.2 Å². The molecule has 2 nitrogen and oxygen atoms in total. The summed E-state index contributed by atoms with van der Waals surface area (Å²) in [5, 5.41) is 3.39.